The number of amides is 1. The summed E-state index contributed by atoms with van der Waals surface area (Å²) in [5, 5.41) is 12.5. The van der Waals surface area contributed by atoms with Crippen molar-refractivity contribution in [1.82, 2.24) is 14.1 Å². The van der Waals surface area contributed by atoms with Crippen molar-refractivity contribution in [1.29, 1.82) is 0 Å². The van der Waals surface area contributed by atoms with Gasteiger partial charge in [-0.3, -0.25) is 4.79 Å². The molecule has 5 nitrogen and oxygen atoms in total. The highest BCUT2D eigenvalue weighted by Crippen LogP contribution is 2.18. The zero-order valence-electron chi connectivity index (χ0n) is 8.22. The van der Waals surface area contributed by atoms with E-state index in [1.54, 1.807) is 0 Å². The molecule has 2 atom stereocenters. The lowest BCUT2D eigenvalue weighted by atomic mass is 9.92. The molecule has 1 aliphatic carbocycles. The van der Waals surface area contributed by atoms with E-state index >= 15 is 0 Å². The molecule has 1 fully saturated rings. The average molecular weight is 227 g/mol. The largest absolute Gasteiger partial charge is 0.391 e. The molecule has 0 bridgehead atoms. The lowest BCUT2D eigenvalue weighted by Crippen LogP contribution is -2.45. The van der Waals surface area contributed by atoms with Crippen LogP contribution in [0, 0.1) is 0 Å². The van der Waals surface area contributed by atoms with E-state index in [0.29, 0.717) is 5.69 Å². The molecule has 15 heavy (non-hydrogen) atoms. The SMILES string of the molecule is O=C(N[C@H]1CCCC[C@@H]1O)c1cnsn1. The summed E-state index contributed by atoms with van der Waals surface area (Å²) in [7, 11) is 0. The van der Waals surface area contributed by atoms with Gasteiger partial charge in [0.15, 0.2) is 5.69 Å². The smallest absolute Gasteiger partial charge is 0.272 e. The molecule has 6 heteroatoms. The zero-order valence-corrected chi connectivity index (χ0v) is 9.04. The molecule has 0 aliphatic heterocycles. The van der Waals surface area contributed by atoms with Crippen LogP contribution >= 0.6 is 11.7 Å². The highest BCUT2D eigenvalue weighted by Gasteiger charge is 2.25. The summed E-state index contributed by atoms with van der Waals surface area (Å²) >= 11 is 1.01. The molecule has 1 amide bonds. The van der Waals surface area contributed by atoms with Crippen LogP contribution in [0.5, 0.6) is 0 Å². The minimum Gasteiger partial charge on any atom is -0.391 e. The van der Waals surface area contributed by atoms with E-state index in [1.165, 1.54) is 6.20 Å². The monoisotopic (exact) mass is 227 g/mol. The molecule has 0 aromatic carbocycles. The molecular formula is C9H13N3O2S. The number of hydrogen-bond acceptors (Lipinski definition) is 5. The summed E-state index contributed by atoms with van der Waals surface area (Å²) in [6.45, 7) is 0. The van der Waals surface area contributed by atoms with Gasteiger partial charge in [-0.2, -0.15) is 8.75 Å². The molecule has 0 saturated heterocycles. The van der Waals surface area contributed by atoms with Gasteiger partial charge in [-0.15, -0.1) is 0 Å². The molecule has 1 heterocycles. The number of carbonyl (C=O) groups excluding carboxylic acids is 1. The minimum atomic E-state index is -0.422. The Hall–Kier alpha value is -1.01. The normalized spacial score (nSPS) is 26.2. The van der Waals surface area contributed by atoms with Crippen molar-refractivity contribution in [3.63, 3.8) is 0 Å². The number of nitrogens with zero attached hydrogens (tertiary/aromatic N) is 2. The Kier molecular flexibility index (Phi) is 3.27. The second kappa shape index (κ2) is 4.67. The van der Waals surface area contributed by atoms with Gasteiger partial charge in [-0.1, -0.05) is 12.8 Å². The summed E-state index contributed by atoms with van der Waals surface area (Å²) in [6.07, 6.45) is 4.71. The van der Waals surface area contributed by atoms with Crippen LogP contribution in [0.1, 0.15) is 36.2 Å². The van der Waals surface area contributed by atoms with Gasteiger partial charge in [-0.25, -0.2) is 0 Å². The van der Waals surface area contributed by atoms with Crippen molar-refractivity contribution in [2.24, 2.45) is 0 Å². The first-order chi connectivity index (χ1) is 7.27. The van der Waals surface area contributed by atoms with Crippen molar-refractivity contribution in [3.05, 3.63) is 11.9 Å². The molecule has 0 spiro atoms. The van der Waals surface area contributed by atoms with Crippen LogP contribution in [0.2, 0.25) is 0 Å². The molecule has 1 saturated carbocycles. The van der Waals surface area contributed by atoms with E-state index in [1.807, 2.05) is 0 Å². The highest BCUT2D eigenvalue weighted by molar-refractivity contribution is 6.99. The van der Waals surface area contributed by atoms with Crippen LogP contribution in [-0.4, -0.2) is 31.9 Å². The number of rotatable bonds is 2. The van der Waals surface area contributed by atoms with Gasteiger partial charge in [-0.05, 0) is 12.8 Å². The predicted octanol–water partition coefficient (Wildman–Crippen LogP) is 0.571. The van der Waals surface area contributed by atoms with Crippen LogP contribution in [0.3, 0.4) is 0 Å². The van der Waals surface area contributed by atoms with Crippen molar-refractivity contribution in [2.75, 3.05) is 0 Å². The van der Waals surface area contributed by atoms with Crippen LogP contribution < -0.4 is 5.32 Å². The molecule has 0 unspecified atom stereocenters. The van der Waals surface area contributed by atoms with Crippen LogP contribution in [-0.2, 0) is 0 Å². The number of aliphatic hydroxyl groups excluding tert-OH is 1. The third-order valence-corrected chi connectivity index (χ3v) is 3.12. The van der Waals surface area contributed by atoms with Gasteiger partial charge in [0, 0.05) is 0 Å². The standard InChI is InChI=1S/C9H13N3O2S/c13-8-4-2-1-3-6(8)11-9(14)7-5-10-15-12-7/h5-6,8,13H,1-4H2,(H,11,14)/t6-,8-/m0/s1. The van der Waals surface area contributed by atoms with Gasteiger partial charge in [0.25, 0.3) is 5.91 Å². The third-order valence-electron chi connectivity index (χ3n) is 2.64. The Labute approximate surface area is 91.8 Å². The highest BCUT2D eigenvalue weighted by atomic mass is 32.1. The summed E-state index contributed by atoms with van der Waals surface area (Å²) in [6, 6.07) is -0.132. The van der Waals surface area contributed by atoms with Gasteiger partial charge in [0.05, 0.1) is 30.1 Å². The van der Waals surface area contributed by atoms with Crippen molar-refractivity contribution < 1.29 is 9.90 Å². The van der Waals surface area contributed by atoms with E-state index in [2.05, 4.69) is 14.1 Å². The van der Waals surface area contributed by atoms with E-state index in [0.717, 1.165) is 37.4 Å². The van der Waals surface area contributed by atoms with E-state index in [-0.39, 0.29) is 11.9 Å². The first-order valence-corrected chi connectivity index (χ1v) is 5.77. The van der Waals surface area contributed by atoms with Crippen LogP contribution in [0.4, 0.5) is 0 Å². The third kappa shape index (κ3) is 2.51. The molecule has 82 valence electrons. The summed E-state index contributed by atoms with van der Waals surface area (Å²) in [5.41, 5.74) is 0.331. The number of hydrogen-bond donors (Lipinski definition) is 2. The molecule has 1 aromatic heterocycles. The summed E-state index contributed by atoms with van der Waals surface area (Å²) in [4.78, 5) is 11.6. The molecule has 1 aromatic rings. The van der Waals surface area contributed by atoms with Gasteiger partial charge >= 0.3 is 0 Å². The summed E-state index contributed by atoms with van der Waals surface area (Å²) in [5.74, 6) is -0.241. The van der Waals surface area contributed by atoms with Crippen LogP contribution in [0.25, 0.3) is 0 Å². The van der Waals surface area contributed by atoms with Gasteiger partial charge in [0.1, 0.15) is 0 Å². The first kappa shape index (κ1) is 10.5. The fraction of sp³-hybridized carbons (Fsp3) is 0.667. The van der Waals surface area contributed by atoms with Gasteiger partial charge in [0.2, 0.25) is 0 Å². The Morgan fingerprint density at radius 1 is 1.53 bits per heavy atom. The Morgan fingerprint density at radius 2 is 2.33 bits per heavy atom. The number of nitrogens with one attached hydrogen (secondary N) is 1. The van der Waals surface area contributed by atoms with Crippen molar-refractivity contribution in [2.45, 2.75) is 37.8 Å². The maximum absolute atomic E-state index is 11.6. The lowest BCUT2D eigenvalue weighted by molar-refractivity contribution is 0.0714. The van der Waals surface area contributed by atoms with E-state index in [4.69, 9.17) is 0 Å². The number of carbonyl (C=O) groups is 1. The van der Waals surface area contributed by atoms with Gasteiger partial charge < -0.3 is 10.4 Å². The second-order valence-electron chi connectivity index (χ2n) is 3.72. The number of aliphatic hydroxyl groups is 1. The Bertz CT molecular complexity index is 328. The number of aromatic nitrogens is 2. The molecular weight excluding hydrogens is 214 g/mol. The molecule has 1 aliphatic rings. The molecule has 0 radical (unpaired) electrons. The maximum Gasteiger partial charge on any atom is 0.272 e. The Morgan fingerprint density at radius 3 is 3.00 bits per heavy atom. The molecule has 2 N–H and O–H groups in total. The van der Waals surface area contributed by atoms with Crippen LogP contribution in [0.15, 0.2) is 6.20 Å². The van der Waals surface area contributed by atoms with E-state index < -0.39 is 6.10 Å². The Balaban J connectivity index is 1.93. The topological polar surface area (TPSA) is 75.1 Å². The maximum atomic E-state index is 11.6. The minimum absolute atomic E-state index is 0.132. The van der Waals surface area contributed by atoms with E-state index in [9.17, 15) is 9.90 Å². The molecule has 2 rings (SSSR count). The quantitative estimate of drug-likeness (QED) is 0.774. The van der Waals surface area contributed by atoms with Crippen molar-refractivity contribution >= 4 is 17.6 Å². The predicted molar refractivity (Wildman–Crippen MR) is 55.6 cm³/mol. The fourth-order valence-corrected chi connectivity index (χ4v) is 2.20. The average Bonchev–Trinajstić information content (AvgIpc) is 2.74. The zero-order chi connectivity index (χ0) is 10.7. The summed E-state index contributed by atoms with van der Waals surface area (Å²) < 4.78 is 7.61. The fourth-order valence-electron chi connectivity index (χ4n) is 1.79. The first-order valence-electron chi connectivity index (χ1n) is 5.04. The lowest BCUT2D eigenvalue weighted by Gasteiger charge is -2.27. The van der Waals surface area contributed by atoms with Crippen molar-refractivity contribution in [3.8, 4) is 0 Å². The second-order valence-corrected chi connectivity index (χ2v) is 4.28.